The molecule has 0 spiro atoms. The third kappa shape index (κ3) is 4.91. The van der Waals surface area contributed by atoms with Crippen LogP contribution in [0.2, 0.25) is 0 Å². The molecular weight excluding hydrogens is 502 g/mol. The van der Waals surface area contributed by atoms with Gasteiger partial charge < -0.3 is 20.1 Å². The Morgan fingerprint density at radius 1 is 1.05 bits per heavy atom. The molecular formula is C32H35N5OS. The largest absolute Gasteiger partial charge is 0.352 e. The highest BCUT2D eigenvalue weighted by molar-refractivity contribution is 7.80. The zero-order chi connectivity index (χ0) is 26.9. The molecule has 3 heterocycles. The van der Waals surface area contributed by atoms with E-state index in [2.05, 4.69) is 63.2 Å². The number of hydrogen-bond donors (Lipinski definition) is 2. The fourth-order valence-corrected chi connectivity index (χ4v) is 6.91. The first-order chi connectivity index (χ1) is 19.0. The Labute approximate surface area is 235 Å². The number of amides is 1. The Morgan fingerprint density at radius 3 is 2.62 bits per heavy atom. The van der Waals surface area contributed by atoms with Gasteiger partial charge >= 0.3 is 0 Å². The Morgan fingerprint density at radius 2 is 1.82 bits per heavy atom. The highest BCUT2D eigenvalue weighted by Crippen LogP contribution is 2.43. The number of fused-ring (bicyclic) bond motifs is 1. The van der Waals surface area contributed by atoms with Crippen molar-refractivity contribution in [3.05, 3.63) is 95.6 Å². The lowest BCUT2D eigenvalue weighted by Gasteiger charge is -2.28. The van der Waals surface area contributed by atoms with Crippen molar-refractivity contribution in [2.75, 3.05) is 11.9 Å². The minimum absolute atomic E-state index is 0.0226. The standard InChI is InChI=1S/C32H35N5OS/c1-21-20-26(22(2)37(21)24-12-4-5-13-24)31-30(28-15-7-8-18-33-28)35-32(39)36(31)19-17-29(38)34-27-16-9-11-23-10-3-6-14-25(23)27/h3,6-11,14-16,18,20,24,30-31H,4-5,12-13,17,19H2,1-2H3,(H,34,38)(H,35,39). The predicted molar refractivity (Wildman–Crippen MR) is 161 cm³/mol. The van der Waals surface area contributed by atoms with E-state index in [1.54, 1.807) is 0 Å². The van der Waals surface area contributed by atoms with Gasteiger partial charge in [-0.15, -0.1) is 0 Å². The molecule has 2 aromatic carbocycles. The second-order valence-electron chi connectivity index (χ2n) is 10.8. The number of aryl methyl sites for hydroxylation is 1. The quantitative estimate of drug-likeness (QED) is 0.255. The van der Waals surface area contributed by atoms with E-state index in [9.17, 15) is 4.79 Å². The van der Waals surface area contributed by atoms with Gasteiger partial charge in [-0.2, -0.15) is 0 Å². The van der Waals surface area contributed by atoms with E-state index in [-0.39, 0.29) is 18.0 Å². The smallest absolute Gasteiger partial charge is 0.226 e. The highest BCUT2D eigenvalue weighted by Gasteiger charge is 2.41. The van der Waals surface area contributed by atoms with Crippen LogP contribution in [0.5, 0.6) is 0 Å². The molecule has 2 fully saturated rings. The van der Waals surface area contributed by atoms with Gasteiger partial charge in [0.15, 0.2) is 5.11 Å². The molecule has 0 bridgehead atoms. The zero-order valence-corrected chi connectivity index (χ0v) is 23.4. The summed E-state index contributed by atoms with van der Waals surface area (Å²) in [6.07, 6.45) is 7.22. The Bertz CT molecular complexity index is 1500. The maximum absolute atomic E-state index is 13.2. The lowest BCUT2D eigenvalue weighted by atomic mass is 9.96. The van der Waals surface area contributed by atoms with Gasteiger partial charge in [0, 0.05) is 47.7 Å². The van der Waals surface area contributed by atoms with Crippen LogP contribution in [0.15, 0.2) is 72.9 Å². The van der Waals surface area contributed by atoms with Crippen LogP contribution in [0.25, 0.3) is 10.8 Å². The molecule has 7 heteroatoms. The molecule has 1 amide bonds. The Balaban J connectivity index is 1.28. The monoisotopic (exact) mass is 537 g/mol. The molecule has 0 radical (unpaired) electrons. The van der Waals surface area contributed by atoms with Gasteiger partial charge in [0.25, 0.3) is 0 Å². The number of hydrogen-bond acceptors (Lipinski definition) is 3. The summed E-state index contributed by atoms with van der Waals surface area (Å²) in [4.78, 5) is 20.1. The number of rotatable bonds is 7. The summed E-state index contributed by atoms with van der Waals surface area (Å²) in [6.45, 7) is 4.97. The number of carbonyl (C=O) groups is 1. The van der Waals surface area contributed by atoms with E-state index >= 15 is 0 Å². The van der Waals surface area contributed by atoms with Crippen molar-refractivity contribution >= 4 is 39.7 Å². The van der Waals surface area contributed by atoms with Crippen molar-refractivity contribution < 1.29 is 4.79 Å². The van der Waals surface area contributed by atoms with Gasteiger partial charge in [-0.1, -0.05) is 55.3 Å². The number of nitrogens with zero attached hydrogens (tertiary/aromatic N) is 3. The number of carbonyl (C=O) groups excluding carboxylic acids is 1. The summed E-state index contributed by atoms with van der Waals surface area (Å²) in [6, 6.07) is 22.9. The van der Waals surface area contributed by atoms with Crippen LogP contribution < -0.4 is 10.6 Å². The third-order valence-corrected chi connectivity index (χ3v) is 8.73. The summed E-state index contributed by atoms with van der Waals surface area (Å²) in [7, 11) is 0. The third-order valence-electron chi connectivity index (χ3n) is 8.37. The summed E-state index contributed by atoms with van der Waals surface area (Å²) in [5.74, 6) is -0.0226. The van der Waals surface area contributed by atoms with Crippen molar-refractivity contribution in [2.45, 2.75) is 64.1 Å². The maximum atomic E-state index is 13.2. The number of nitrogens with one attached hydrogen (secondary N) is 2. The minimum atomic E-state index is -0.0858. The molecule has 200 valence electrons. The Hall–Kier alpha value is -3.71. The number of aromatic nitrogens is 2. The first-order valence-electron chi connectivity index (χ1n) is 14.0. The molecule has 1 aliphatic carbocycles. The van der Waals surface area contributed by atoms with Gasteiger partial charge in [0.2, 0.25) is 5.91 Å². The number of thiocarbonyl (C=S) groups is 1. The van der Waals surface area contributed by atoms with E-state index < -0.39 is 0 Å². The van der Waals surface area contributed by atoms with Crippen molar-refractivity contribution in [1.82, 2.24) is 19.8 Å². The zero-order valence-electron chi connectivity index (χ0n) is 22.6. The van der Waals surface area contributed by atoms with Crippen molar-refractivity contribution in [1.29, 1.82) is 0 Å². The van der Waals surface area contributed by atoms with Gasteiger partial charge in [-0.3, -0.25) is 9.78 Å². The summed E-state index contributed by atoms with van der Waals surface area (Å²) in [5, 5.41) is 9.50. The van der Waals surface area contributed by atoms with Crippen molar-refractivity contribution in [3.63, 3.8) is 0 Å². The van der Waals surface area contributed by atoms with Crippen LogP contribution in [-0.2, 0) is 4.79 Å². The van der Waals surface area contributed by atoms with E-state index in [4.69, 9.17) is 12.2 Å². The summed E-state index contributed by atoms with van der Waals surface area (Å²) in [5.41, 5.74) is 5.64. The molecule has 1 saturated carbocycles. The van der Waals surface area contributed by atoms with Gasteiger partial charge in [-0.05, 0) is 74.1 Å². The summed E-state index contributed by atoms with van der Waals surface area (Å²) >= 11 is 5.88. The van der Waals surface area contributed by atoms with Crippen molar-refractivity contribution in [3.8, 4) is 0 Å². The normalized spacial score (nSPS) is 19.5. The summed E-state index contributed by atoms with van der Waals surface area (Å²) < 4.78 is 2.53. The lowest BCUT2D eigenvalue weighted by Crippen LogP contribution is -2.33. The molecule has 2 atom stereocenters. The average Bonchev–Trinajstić information content (AvgIpc) is 3.66. The van der Waals surface area contributed by atoms with E-state index in [1.165, 1.54) is 42.6 Å². The lowest BCUT2D eigenvalue weighted by molar-refractivity contribution is -0.116. The predicted octanol–water partition coefficient (Wildman–Crippen LogP) is 6.77. The number of pyridine rings is 1. The van der Waals surface area contributed by atoms with Crippen LogP contribution >= 0.6 is 12.2 Å². The average molecular weight is 538 g/mol. The van der Waals surface area contributed by atoms with E-state index in [1.807, 2.05) is 48.7 Å². The molecule has 4 aromatic rings. The van der Waals surface area contributed by atoms with E-state index in [0.29, 0.717) is 24.1 Å². The molecule has 1 aliphatic heterocycles. The van der Waals surface area contributed by atoms with Crippen LogP contribution in [-0.4, -0.2) is 32.0 Å². The van der Waals surface area contributed by atoms with Gasteiger partial charge in [0.1, 0.15) is 0 Å². The first kappa shape index (κ1) is 25.6. The SMILES string of the molecule is Cc1cc(C2C(c3ccccn3)NC(=S)N2CCC(=O)Nc2cccc3ccccc23)c(C)n1C1CCCC1. The van der Waals surface area contributed by atoms with Crippen LogP contribution in [0, 0.1) is 13.8 Å². The van der Waals surface area contributed by atoms with Crippen molar-refractivity contribution in [2.24, 2.45) is 0 Å². The van der Waals surface area contributed by atoms with E-state index in [0.717, 1.165) is 22.2 Å². The fourth-order valence-electron chi connectivity index (χ4n) is 6.58. The van der Waals surface area contributed by atoms with Gasteiger partial charge in [0.05, 0.1) is 17.8 Å². The number of benzene rings is 2. The molecule has 1 saturated heterocycles. The molecule has 39 heavy (non-hydrogen) atoms. The molecule has 6 rings (SSSR count). The molecule has 2 N–H and O–H groups in total. The maximum Gasteiger partial charge on any atom is 0.226 e. The van der Waals surface area contributed by atoms with Crippen LogP contribution in [0.4, 0.5) is 5.69 Å². The second-order valence-corrected chi connectivity index (χ2v) is 11.2. The Kier molecular flexibility index (Phi) is 7.09. The molecule has 2 aromatic heterocycles. The van der Waals surface area contributed by atoms with Gasteiger partial charge in [-0.25, -0.2) is 0 Å². The second kappa shape index (κ2) is 10.8. The highest BCUT2D eigenvalue weighted by atomic mass is 32.1. The molecule has 2 aliphatic rings. The topological polar surface area (TPSA) is 62.2 Å². The number of anilines is 1. The first-order valence-corrected chi connectivity index (χ1v) is 14.4. The van der Waals surface area contributed by atoms with Crippen LogP contribution in [0.1, 0.15) is 72.9 Å². The molecule has 6 nitrogen and oxygen atoms in total. The fraction of sp³-hybridized carbons (Fsp3) is 0.344. The minimum Gasteiger partial charge on any atom is -0.352 e. The van der Waals surface area contributed by atoms with Crippen LogP contribution in [0.3, 0.4) is 0 Å². The molecule has 2 unspecified atom stereocenters.